The van der Waals surface area contributed by atoms with Crippen molar-refractivity contribution >= 4 is 21.6 Å². The number of thiazole rings is 1. The van der Waals surface area contributed by atoms with Gasteiger partial charge in [0.05, 0.1) is 22.3 Å². The molecule has 1 aliphatic rings. The molecule has 0 amide bonds. The van der Waals surface area contributed by atoms with Crippen LogP contribution in [0.3, 0.4) is 0 Å². The minimum Gasteiger partial charge on any atom is -0.293 e. The van der Waals surface area contributed by atoms with E-state index in [0.717, 1.165) is 18.6 Å². The molecule has 0 bridgehead atoms. The van der Waals surface area contributed by atoms with Gasteiger partial charge in [-0.2, -0.15) is 5.26 Å². The van der Waals surface area contributed by atoms with Gasteiger partial charge in [-0.1, -0.05) is 18.6 Å². The van der Waals surface area contributed by atoms with Crippen LogP contribution in [0.4, 0.5) is 0 Å². The first kappa shape index (κ1) is 12.6. The zero-order chi connectivity index (χ0) is 13.1. The predicted molar refractivity (Wildman–Crippen MR) is 78.0 cm³/mol. The van der Waals surface area contributed by atoms with Gasteiger partial charge in [0.25, 0.3) is 0 Å². The molecule has 0 N–H and O–H groups in total. The summed E-state index contributed by atoms with van der Waals surface area (Å²) in [6.45, 7) is 1.97. The number of hydrogen-bond donors (Lipinski definition) is 0. The van der Waals surface area contributed by atoms with E-state index in [4.69, 9.17) is 10.2 Å². The van der Waals surface area contributed by atoms with Crippen LogP contribution in [0.15, 0.2) is 24.3 Å². The number of hydrogen-bond acceptors (Lipinski definition) is 4. The number of rotatable bonds is 3. The first-order valence-electron chi connectivity index (χ1n) is 6.85. The normalized spacial score (nSPS) is 20.5. The maximum absolute atomic E-state index is 8.78. The van der Waals surface area contributed by atoms with E-state index in [1.807, 2.05) is 6.07 Å². The summed E-state index contributed by atoms with van der Waals surface area (Å²) in [5.74, 6) is 0. The SMILES string of the molecule is N#CCCN1CCCC[C@H]1c1nc2ccccc2s1. The fraction of sp³-hybridized carbons (Fsp3) is 0.467. The van der Waals surface area contributed by atoms with Gasteiger partial charge in [-0.3, -0.25) is 4.90 Å². The van der Waals surface area contributed by atoms with Crippen molar-refractivity contribution in [2.75, 3.05) is 13.1 Å². The molecule has 0 spiro atoms. The smallest absolute Gasteiger partial charge is 0.111 e. The Bertz CT molecular complexity index is 566. The molecular weight excluding hydrogens is 254 g/mol. The van der Waals surface area contributed by atoms with Crippen molar-refractivity contribution in [3.05, 3.63) is 29.3 Å². The number of para-hydroxylation sites is 1. The van der Waals surface area contributed by atoms with Crippen LogP contribution in [0, 0.1) is 11.3 Å². The zero-order valence-corrected chi connectivity index (χ0v) is 11.7. The van der Waals surface area contributed by atoms with Gasteiger partial charge in [-0.15, -0.1) is 11.3 Å². The fourth-order valence-corrected chi connectivity index (χ4v) is 3.90. The number of piperidine rings is 1. The van der Waals surface area contributed by atoms with Crippen LogP contribution < -0.4 is 0 Å². The molecule has 3 nitrogen and oxygen atoms in total. The molecule has 1 aromatic carbocycles. The van der Waals surface area contributed by atoms with Crippen molar-refractivity contribution in [2.24, 2.45) is 0 Å². The first-order valence-corrected chi connectivity index (χ1v) is 7.66. The molecule has 2 heterocycles. The number of benzene rings is 1. The Morgan fingerprint density at radius 1 is 1.37 bits per heavy atom. The molecule has 0 radical (unpaired) electrons. The average molecular weight is 271 g/mol. The van der Waals surface area contributed by atoms with Crippen LogP contribution in [0.2, 0.25) is 0 Å². The number of likely N-dealkylation sites (tertiary alicyclic amines) is 1. The van der Waals surface area contributed by atoms with Crippen molar-refractivity contribution in [1.82, 2.24) is 9.88 Å². The van der Waals surface area contributed by atoms with Crippen LogP contribution in [0.25, 0.3) is 10.2 Å². The third kappa shape index (κ3) is 2.63. The Balaban J connectivity index is 1.87. The highest BCUT2D eigenvalue weighted by atomic mass is 32.1. The summed E-state index contributed by atoms with van der Waals surface area (Å²) in [6.07, 6.45) is 4.29. The molecule has 2 aromatic rings. The molecule has 1 aromatic heterocycles. The fourth-order valence-electron chi connectivity index (χ4n) is 2.76. The van der Waals surface area contributed by atoms with Gasteiger partial charge < -0.3 is 0 Å². The number of fused-ring (bicyclic) bond motifs is 1. The van der Waals surface area contributed by atoms with E-state index in [-0.39, 0.29) is 0 Å². The molecular formula is C15H17N3S. The Kier molecular flexibility index (Phi) is 3.77. The second-order valence-electron chi connectivity index (χ2n) is 4.98. The lowest BCUT2D eigenvalue weighted by Gasteiger charge is -2.33. The Morgan fingerprint density at radius 2 is 2.26 bits per heavy atom. The summed E-state index contributed by atoms with van der Waals surface area (Å²) in [7, 11) is 0. The highest BCUT2D eigenvalue weighted by Crippen LogP contribution is 2.35. The summed E-state index contributed by atoms with van der Waals surface area (Å²) in [6, 6.07) is 11.0. The van der Waals surface area contributed by atoms with Crippen LogP contribution in [0.1, 0.15) is 36.7 Å². The minimum atomic E-state index is 0.416. The molecule has 0 aliphatic carbocycles. The maximum Gasteiger partial charge on any atom is 0.111 e. The molecule has 1 aliphatic heterocycles. The highest BCUT2D eigenvalue weighted by molar-refractivity contribution is 7.18. The van der Waals surface area contributed by atoms with E-state index >= 15 is 0 Å². The number of aromatic nitrogens is 1. The van der Waals surface area contributed by atoms with Crippen molar-refractivity contribution in [3.63, 3.8) is 0 Å². The van der Waals surface area contributed by atoms with Crippen LogP contribution in [0.5, 0.6) is 0 Å². The molecule has 1 saturated heterocycles. The molecule has 4 heteroatoms. The zero-order valence-electron chi connectivity index (χ0n) is 10.9. The molecule has 98 valence electrons. The monoisotopic (exact) mass is 271 g/mol. The molecule has 3 rings (SSSR count). The quantitative estimate of drug-likeness (QED) is 0.853. The van der Waals surface area contributed by atoms with Crippen molar-refractivity contribution in [3.8, 4) is 6.07 Å². The summed E-state index contributed by atoms with van der Waals surface area (Å²) in [4.78, 5) is 7.22. The van der Waals surface area contributed by atoms with E-state index in [9.17, 15) is 0 Å². The van der Waals surface area contributed by atoms with Gasteiger partial charge in [0.2, 0.25) is 0 Å². The van der Waals surface area contributed by atoms with Gasteiger partial charge in [-0.05, 0) is 31.5 Å². The first-order chi connectivity index (χ1) is 9.38. The van der Waals surface area contributed by atoms with Crippen molar-refractivity contribution in [1.29, 1.82) is 5.26 Å². The Hall–Kier alpha value is -1.44. The van der Waals surface area contributed by atoms with Gasteiger partial charge in [0.15, 0.2) is 0 Å². The molecule has 0 saturated carbocycles. The van der Waals surface area contributed by atoms with Crippen LogP contribution >= 0.6 is 11.3 Å². The van der Waals surface area contributed by atoms with E-state index in [1.54, 1.807) is 11.3 Å². The van der Waals surface area contributed by atoms with Gasteiger partial charge in [-0.25, -0.2) is 4.98 Å². The van der Waals surface area contributed by atoms with Crippen LogP contribution in [-0.2, 0) is 0 Å². The van der Waals surface area contributed by atoms with Crippen molar-refractivity contribution in [2.45, 2.75) is 31.7 Å². The lowest BCUT2D eigenvalue weighted by Crippen LogP contribution is -2.34. The lowest BCUT2D eigenvalue weighted by molar-refractivity contribution is 0.152. The summed E-state index contributed by atoms with van der Waals surface area (Å²) in [5, 5.41) is 10.00. The summed E-state index contributed by atoms with van der Waals surface area (Å²) >= 11 is 1.81. The minimum absolute atomic E-state index is 0.416. The Labute approximate surface area is 117 Å². The van der Waals surface area contributed by atoms with E-state index < -0.39 is 0 Å². The second kappa shape index (κ2) is 5.68. The lowest BCUT2D eigenvalue weighted by atomic mass is 10.0. The highest BCUT2D eigenvalue weighted by Gasteiger charge is 2.26. The average Bonchev–Trinajstić information content (AvgIpc) is 2.89. The molecule has 0 unspecified atom stereocenters. The largest absolute Gasteiger partial charge is 0.293 e. The van der Waals surface area contributed by atoms with Gasteiger partial charge >= 0.3 is 0 Å². The van der Waals surface area contributed by atoms with Crippen LogP contribution in [-0.4, -0.2) is 23.0 Å². The summed E-state index contributed by atoms with van der Waals surface area (Å²) in [5.41, 5.74) is 1.10. The van der Waals surface area contributed by atoms with Crippen molar-refractivity contribution < 1.29 is 0 Å². The van der Waals surface area contributed by atoms with E-state index in [2.05, 4.69) is 29.2 Å². The number of nitrogens with zero attached hydrogens (tertiary/aromatic N) is 3. The van der Waals surface area contributed by atoms with Gasteiger partial charge in [0, 0.05) is 13.0 Å². The predicted octanol–water partition coefficient (Wildman–Crippen LogP) is 3.74. The third-order valence-corrected chi connectivity index (χ3v) is 4.86. The Morgan fingerprint density at radius 3 is 3.11 bits per heavy atom. The maximum atomic E-state index is 8.78. The van der Waals surface area contributed by atoms with E-state index in [0.29, 0.717) is 12.5 Å². The molecule has 19 heavy (non-hydrogen) atoms. The number of nitriles is 1. The van der Waals surface area contributed by atoms with Gasteiger partial charge in [0.1, 0.15) is 5.01 Å². The molecule has 1 fully saturated rings. The second-order valence-corrected chi connectivity index (χ2v) is 6.04. The third-order valence-electron chi connectivity index (χ3n) is 3.72. The standard InChI is InChI=1S/C15H17N3S/c16-9-5-11-18-10-4-3-7-13(18)15-17-12-6-1-2-8-14(12)19-15/h1-2,6,8,13H,3-5,7,10-11H2/t13-/m0/s1. The molecule has 1 atom stereocenters. The summed E-state index contributed by atoms with van der Waals surface area (Å²) < 4.78 is 1.27. The van der Waals surface area contributed by atoms with E-state index in [1.165, 1.54) is 29.0 Å². The topological polar surface area (TPSA) is 39.9 Å².